The van der Waals surface area contributed by atoms with E-state index in [0.717, 1.165) is 0 Å². The summed E-state index contributed by atoms with van der Waals surface area (Å²) < 4.78 is 4.96. The minimum atomic E-state index is -2.71. The number of carbonyl (C=O) groups is 1. The summed E-state index contributed by atoms with van der Waals surface area (Å²) in [6, 6.07) is -1.06. The zero-order valence-corrected chi connectivity index (χ0v) is 12.0. The second-order valence-corrected chi connectivity index (χ2v) is 5.52. The predicted octanol–water partition coefficient (Wildman–Crippen LogP) is -3.07. The lowest BCUT2D eigenvalue weighted by Crippen LogP contribution is -2.67. The van der Waals surface area contributed by atoms with Crippen molar-refractivity contribution in [3.8, 4) is 0 Å². The number of thiocarbonyl (C=S) groups is 1. The quantitative estimate of drug-likeness (QED) is 0.258. The number of aliphatic carboxylic acids is 1. The summed E-state index contributed by atoms with van der Waals surface area (Å²) in [5.74, 6) is -4.46. The number of ether oxygens (including phenoxy) is 1. The third kappa shape index (κ3) is 4.07. The highest BCUT2D eigenvalue weighted by Gasteiger charge is 2.53. The third-order valence-corrected chi connectivity index (χ3v) is 3.33. The van der Waals surface area contributed by atoms with E-state index in [1.54, 1.807) is 0 Å². The summed E-state index contributed by atoms with van der Waals surface area (Å²) in [5.41, 5.74) is 0. The van der Waals surface area contributed by atoms with Crippen molar-refractivity contribution in [2.75, 3.05) is 6.61 Å². The number of hydrogen-bond donors (Lipinski definition) is 7. The molecule has 0 aromatic rings. The van der Waals surface area contributed by atoms with Gasteiger partial charge in [-0.3, -0.25) is 0 Å². The first-order chi connectivity index (χ1) is 9.62. The first-order valence-corrected chi connectivity index (χ1v) is 6.59. The van der Waals surface area contributed by atoms with Gasteiger partial charge in [-0.05, 0) is 6.92 Å². The molecular weight excluding hydrogens is 306 g/mol. The molecule has 1 fully saturated rings. The van der Waals surface area contributed by atoms with E-state index in [1.807, 2.05) is 0 Å². The van der Waals surface area contributed by atoms with E-state index in [4.69, 9.17) is 27.2 Å². The van der Waals surface area contributed by atoms with Crippen LogP contribution in [0.5, 0.6) is 0 Å². The molecule has 0 bridgehead atoms. The molecule has 0 radical (unpaired) electrons. The van der Waals surface area contributed by atoms with Gasteiger partial charge in [0.1, 0.15) is 18.3 Å². The SMILES string of the molecule is CC(=S)N[C@H]1[C@H]([C@H](O)[C@H](O)CO)OC(O)(C(=O)O)C[C@@H]1O. The maximum absolute atomic E-state index is 11.0. The van der Waals surface area contributed by atoms with E-state index in [9.17, 15) is 25.2 Å². The van der Waals surface area contributed by atoms with Gasteiger partial charge >= 0.3 is 5.97 Å². The number of aliphatic hydroxyl groups excluding tert-OH is 4. The first-order valence-electron chi connectivity index (χ1n) is 6.18. The van der Waals surface area contributed by atoms with Crippen molar-refractivity contribution in [1.29, 1.82) is 0 Å². The summed E-state index contributed by atoms with van der Waals surface area (Å²) in [6.45, 7) is 0.678. The summed E-state index contributed by atoms with van der Waals surface area (Å²) in [5, 5.41) is 59.7. The van der Waals surface area contributed by atoms with Crippen molar-refractivity contribution < 1.29 is 40.2 Å². The molecule has 6 atom stereocenters. The van der Waals surface area contributed by atoms with E-state index in [0.29, 0.717) is 0 Å². The van der Waals surface area contributed by atoms with Gasteiger partial charge < -0.3 is 40.7 Å². The fourth-order valence-electron chi connectivity index (χ4n) is 2.14. The Balaban J connectivity index is 3.07. The van der Waals surface area contributed by atoms with Crippen molar-refractivity contribution in [3.63, 3.8) is 0 Å². The zero-order chi connectivity index (χ0) is 16.4. The standard InChI is InChI=1S/C11H19NO8S/c1-4(21)12-7-5(14)2-11(19,10(17)18)20-9(7)8(16)6(15)3-13/h5-9,13-16,19H,2-3H2,1H3,(H,12,21)(H,17,18)/t5-,6+,7+,8+,9+,11?/m0/s1. The number of carboxylic acid groups (broad SMARTS) is 1. The Kier molecular flexibility index (Phi) is 5.99. The molecule has 0 saturated carbocycles. The molecular formula is C11H19NO8S. The molecule has 1 saturated heterocycles. The molecule has 1 unspecified atom stereocenters. The molecule has 0 aromatic heterocycles. The summed E-state index contributed by atoms with van der Waals surface area (Å²) in [6.07, 6.45) is -6.96. The number of carboxylic acids is 1. The van der Waals surface area contributed by atoms with Gasteiger partial charge in [0, 0.05) is 6.42 Å². The minimum absolute atomic E-state index is 0.235. The summed E-state index contributed by atoms with van der Waals surface area (Å²) in [7, 11) is 0. The molecule has 9 nitrogen and oxygen atoms in total. The molecule has 7 N–H and O–H groups in total. The van der Waals surface area contributed by atoms with Gasteiger partial charge in [-0.2, -0.15) is 0 Å². The topological polar surface area (TPSA) is 160 Å². The lowest BCUT2D eigenvalue weighted by Gasteiger charge is -2.44. The monoisotopic (exact) mass is 325 g/mol. The molecule has 1 rings (SSSR count). The zero-order valence-electron chi connectivity index (χ0n) is 11.2. The van der Waals surface area contributed by atoms with Gasteiger partial charge in [0.05, 0.1) is 23.7 Å². The van der Waals surface area contributed by atoms with Crippen LogP contribution in [0.25, 0.3) is 0 Å². The highest BCUT2D eigenvalue weighted by atomic mass is 32.1. The van der Waals surface area contributed by atoms with Crippen LogP contribution in [0, 0.1) is 0 Å². The van der Waals surface area contributed by atoms with Gasteiger partial charge in [0.25, 0.3) is 5.79 Å². The molecule has 122 valence electrons. The minimum Gasteiger partial charge on any atom is -0.477 e. The summed E-state index contributed by atoms with van der Waals surface area (Å²) >= 11 is 4.82. The molecule has 1 aliphatic heterocycles. The van der Waals surface area contributed by atoms with Crippen LogP contribution in [-0.2, 0) is 9.53 Å². The van der Waals surface area contributed by atoms with Crippen LogP contribution in [0.1, 0.15) is 13.3 Å². The van der Waals surface area contributed by atoms with Gasteiger partial charge in [-0.25, -0.2) is 4.79 Å². The Morgan fingerprint density at radius 1 is 1.52 bits per heavy atom. The fraction of sp³-hybridized carbons (Fsp3) is 0.818. The normalized spacial score (nSPS) is 35.8. The van der Waals surface area contributed by atoms with Crippen LogP contribution in [0.3, 0.4) is 0 Å². The van der Waals surface area contributed by atoms with Gasteiger partial charge in [-0.15, -0.1) is 0 Å². The number of aliphatic hydroxyl groups is 5. The Hall–Kier alpha value is -0.880. The maximum Gasteiger partial charge on any atom is 0.364 e. The van der Waals surface area contributed by atoms with Crippen molar-refractivity contribution in [3.05, 3.63) is 0 Å². The van der Waals surface area contributed by atoms with Crippen molar-refractivity contribution in [2.24, 2.45) is 0 Å². The Bertz CT molecular complexity index is 408. The highest BCUT2D eigenvalue weighted by Crippen LogP contribution is 2.30. The predicted molar refractivity (Wildman–Crippen MR) is 72.4 cm³/mol. The lowest BCUT2D eigenvalue weighted by molar-refractivity contribution is -0.294. The molecule has 10 heteroatoms. The van der Waals surface area contributed by atoms with Crippen LogP contribution < -0.4 is 5.32 Å². The van der Waals surface area contributed by atoms with Crippen molar-refractivity contribution in [1.82, 2.24) is 5.32 Å². The first kappa shape index (κ1) is 18.2. The van der Waals surface area contributed by atoms with Crippen LogP contribution in [0.4, 0.5) is 0 Å². The Morgan fingerprint density at radius 3 is 2.52 bits per heavy atom. The van der Waals surface area contributed by atoms with Gasteiger partial charge in [-0.1, -0.05) is 12.2 Å². The molecule has 0 aromatic carbocycles. The van der Waals surface area contributed by atoms with E-state index >= 15 is 0 Å². The van der Waals surface area contributed by atoms with E-state index in [2.05, 4.69) is 5.32 Å². The molecule has 1 heterocycles. The van der Waals surface area contributed by atoms with Crippen LogP contribution >= 0.6 is 12.2 Å². The number of rotatable bonds is 5. The van der Waals surface area contributed by atoms with E-state index in [-0.39, 0.29) is 4.99 Å². The van der Waals surface area contributed by atoms with Gasteiger partial charge in [0.2, 0.25) is 0 Å². The summed E-state index contributed by atoms with van der Waals surface area (Å²) in [4.78, 5) is 11.3. The molecule has 0 amide bonds. The fourth-order valence-corrected chi connectivity index (χ4v) is 2.27. The van der Waals surface area contributed by atoms with E-state index < -0.39 is 55.2 Å². The lowest BCUT2D eigenvalue weighted by atomic mass is 9.88. The maximum atomic E-state index is 11.0. The highest BCUT2D eigenvalue weighted by molar-refractivity contribution is 7.80. The smallest absolute Gasteiger partial charge is 0.364 e. The van der Waals surface area contributed by atoms with Gasteiger partial charge in [0.15, 0.2) is 0 Å². The average molecular weight is 325 g/mol. The number of hydrogen-bond acceptors (Lipinski definition) is 8. The molecule has 1 aliphatic rings. The van der Waals surface area contributed by atoms with Crippen molar-refractivity contribution >= 4 is 23.2 Å². The number of nitrogens with one attached hydrogen (secondary N) is 1. The van der Waals surface area contributed by atoms with E-state index in [1.165, 1.54) is 6.92 Å². The second kappa shape index (κ2) is 6.92. The van der Waals surface area contributed by atoms with Crippen LogP contribution in [-0.4, -0.2) is 84.4 Å². The molecule has 0 spiro atoms. The van der Waals surface area contributed by atoms with Crippen LogP contribution in [0.2, 0.25) is 0 Å². The second-order valence-electron chi connectivity index (χ2n) is 4.91. The van der Waals surface area contributed by atoms with Crippen molar-refractivity contribution in [2.45, 2.75) is 49.6 Å². The third-order valence-electron chi connectivity index (χ3n) is 3.21. The average Bonchev–Trinajstić information content (AvgIpc) is 2.39. The Morgan fingerprint density at radius 2 is 2.10 bits per heavy atom. The molecule has 0 aliphatic carbocycles. The Labute approximate surface area is 125 Å². The molecule has 21 heavy (non-hydrogen) atoms. The largest absolute Gasteiger partial charge is 0.477 e. The van der Waals surface area contributed by atoms with Crippen LogP contribution in [0.15, 0.2) is 0 Å².